The summed E-state index contributed by atoms with van der Waals surface area (Å²) in [7, 11) is 3.98. The van der Waals surface area contributed by atoms with E-state index in [9.17, 15) is 14.4 Å². The van der Waals surface area contributed by atoms with E-state index >= 15 is 0 Å². The number of carbonyl (C=O) groups is 3. The van der Waals surface area contributed by atoms with Crippen molar-refractivity contribution >= 4 is 17.9 Å². The lowest BCUT2D eigenvalue weighted by atomic mass is 9.83. The smallest absolute Gasteiger partial charge is 0.338 e. The van der Waals surface area contributed by atoms with Crippen molar-refractivity contribution in [3.05, 3.63) is 108 Å². The molecule has 0 N–H and O–H groups in total. The van der Waals surface area contributed by atoms with Crippen molar-refractivity contribution in [1.82, 2.24) is 0 Å². The average molecular weight is 481 g/mol. The maximum Gasteiger partial charge on any atom is 0.338 e. The Hall–Kier alpha value is -4.71. The molecule has 0 aromatic heterocycles. The highest BCUT2D eigenvalue weighted by atomic mass is 16.5. The Morgan fingerprint density at radius 2 is 0.722 bits per heavy atom. The summed E-state index contributed by atoms with van der Waals surface area (Å²) in [5, 5.41) is 0. The third-order valence-electron chi connectivity index (χ3n) is 5.91. The van der Waals surface area contributed by atoms with Gasteiger partial charge in [0.1, 0.15) is 0 Å². The highest BCUT2D eigenvalue weighted by Crippen LogP contribution is 2.43. The van der Waals surface area contributed by atoms with Crippen LogP contribution in [0.15, 0.2) is 91.0 Å². The first-order valence-electron chi connectivity index (χ1n) is 11.2. The number of hydrogen-bond donors (Lipinski definition) is 0. The van der Waals surface area contributed by atoms with E-state index in [1.165, 1.54) is 21.3 Å². The topological polar surface area (TPSA) is 78.9 Å². The molecule has 0 unspecified atom stereocenters. The summed E-state index contributed by atoms with van der Waals surface area (Å²) in [5.74, 6) is -1.48. The van der Waals surface area contributed by atoms with Crippen LogP contribution in [-0.2, 0) is 14.2 Å². The Morgan fingerprint density at radius 1 is 0.417 bits per heavy atom. The summed E-state index contributed by atoms with van der Waals surface area (Å²) in [5.41, 5.74) is 4.95. The quantitative estimate of drug-likeness (QED) is 0.247. The number of carbonyl (C=O) groups excluding carboxylic acids is 3. The van der Waals surface area contributed by atoms with Gasteiger partial charge < -0.3 is 14.2 Å². The first-order chi connectivity index (χ1) is 17.5. The van der Waals surface area contributed by atoms with Crippen LogP contribution in [0, 0.1) is 0 Å². The van der Waals surface area contributed by atoms with Crippen molar-refractivity contribution in [2.75, 3.05) is 21.3 Å². The van der Waals surface area contributed by atoms with Gasteiger partial charge in [-0.2, -0.15) is 0 Å². The number of ether oxygens (including phenoxy) is 3. The largest absolute Gasteiger partial charge is 0.465 e. The third-order valence-corrected chi connectivity index (χ3v) is 5.91. The van der Waals surface area contributed by atoms with Crippen LogP contribution >= 0.6 is 0 Å². The minimum Gasteiger partial charge on any atom is -0.465 e. The lowest BCUT2D eigenvalue weighted by Gasteiger charge is -2.20. The van der Waals surface area contributed by atoms with E-state index in [1.807, 2.05) is 54.6 Å². The van der Waals surface area contributed by atoms with Crippen LogP contribution in [0.1, 0.15) is 31.1 Å². The second-order valence-corrected chi connectivity index (χ2v) is 7.84. The molecule has 4 rings (SSSR count). The highest BCUT2D eigenvalue weighted by Gasteiger charge is 2.24. The summed E-state index contributed by atoms with van der Waals surface area (Å²) in [6.45, 7) is 0. The number of hydrogen-bond acceptors (Lipinski definition) is 6. The van der Waals surface area contributed by atoms with E-state index in [4.69, 9.17) is 14.2 Å². The van der Waals surface area contributed by atoms with Crippen LogP contribution in [0.4, 0.5) is 0 Å². The Kier molecular flexibility index (Phi) is 7.25. The van der Waals surface area contributed by atoms with E-state index in [1.54, 1.807) is 36.4 Å². The van der Waals surface area contributed by atoms with Crippen LogP contribution in [0.5, 0.6) is 0 Å². The van der Waals surface area contributed by atoms with Gasteiger partial charge in [-0.3, -0.25) is 0 Å². The molecule has 0 amide bonds. The fraction of sp³-hybridized carbons (Fsp3) is 0.100. The van der Waals surface area contributed by atoms with Gasteiger partial charge in [0.15, 0.2) is 0 Å². The molecule has 0 aliphatic rings. The fourth-order valence-electron chi connectivity index (χ4n) is 4.29. The van der Waals surface area contributed by atoms with Crippen molar-refractivity contribution in [3.8, 4) is 33.4 Å². The number of benzene rings is 4. The summed E-state index contributed by atoms with van der Waals surface area (Å²) in [6.07, 6.45) is 0. The molecule has 180 valence electrons. The van der Waals surface area contributed by atoms with Crippen molar-refractivity contribution < 1.29 is 28.6 Å². The zero-order valence-electron chi connectivity index (χ0n) is 20.1. The van der Waals surface area contributed by atoms with Gasteiger partial charge in [0, 0.05) is 0 Å². The maximum atomic E-state index is 12.8. The van der Waals surface area contributed by atoms with Crippen molar-refractivity contribution in [3.63, 3.8) is 0 Å². The van der Waals surface area contributed by atoms with Crippen LogP contribution in [0.2, 0.25) is 0 Å². The predicted molar refractivity (Wildman–Crippen MR) is 137 cm³/mol. The summed E-state index contributed by atoms with van der Waals surface area (Å²) in [4.78, 5) is 38.1. The van der Waals surface area contributed by atoms with Crippen LogP contribution in [-0.4, -0.2) is 39.2 Å². The van der Waals surface area contributed by atoms with Crippen molar-refractivity contribution in [2.45, 2.75) is 0 Å². The number of methoxy groups -OCH3 is 3. The molecule has 0 atom stereocenters. The van der Waals surface area contributed by atoms with E-state index in [0.717, 1.165) is 0 Å². The molecule has 6 nitrogen and oxygen atoms in total. The molecule has 0 bridgehead atoms. The fourth-order valence-corrected chi connectivity index (χ4v) is 4.29. The van der Waals surface area contributed by atoms with E-state index in [2.05, 4.69) is 0 Å². The van der Waals surface area contributed by atoms with Gasteiger partial charge in [-0.1, -0.05) is 72.8 Å². The monoisotopic (exact) mass is 480 g/mol. The Bertz CT molecular complexity index is 1380. The minimum absolute atomic E-state index is 0.347. The number of rotatable bonds is 6. The second-order valence-electron chi connectivity index (χ2n) is 7.84. The van der Waals surface area contributed by atoms with Crippen molar-refractivity contribution in [1.29, 1.82) is 0 Å². The Morgan fingerprint density at radius 3 is 1.11 bits per heavy atom. The number of esters is 3. The van der Waals surface area contributed by atoms with Gasteiger partial charge in [0.25, 0.3) is 0 Å². The molecule has 0 radical (unpaired) electrons. The summed E-state index contributed by atoms with van der Waals surface area (Å²) in [6, 6.07) is 26.8. The SMILES string of the molecule is COC(=O)c1ccccc1-c1cccc(-c2ccccc2C(=O)OC)c1-c1ccccc1C(=O)OC. The van der Waals surface area contributed by atoms with Gasteiger partial charge in [0.05, 0.1) is 38.0 Å². The van der Waals surface area contributed by atoms with Crippen LogP contribution < -0.4 is 0 Å². The summed E-state index contributed by atoms with van der Waals surface area (Å²) >= 11 is 0. The van der Waals surface area contributed by atoms with Crippen LogP contribution in [0.3, 0.4) is 0 Å². The lowest BCUT2D eigenvalue weighted by Crippen LogP contribution is -2.07. The van der Waals surface area contributed by atoms with Crippen LogP contribution in [0.25, 0.3) is 33.4 Å². The molecule has 4 aromatic carbocycles. The van der Waals surface area contributed by atoms with Gasteiger partial charge in [0.2, 0.25) is 0 Å². The van der Waals surface area contributed by atoms with E-state index in [0.29, 0.717) is 50.1 Å². The minimum atomic E-state index is -0.506. The first-order valence-corrected chi connectivity index (χ1v) is 11.2. The molecular weight excluding hydrogens is 456 g/mol. The molecule has 0 aliphatic carbocycles. The molecule has 36 heavy (non-hydrogen) atoms. The maximum absolute atomic E-state index is 12.8. The Labute approximate surface area is 209 Å². The van der Waals surface area contributed by atoms with Gasteiger partial charge in [-0.05, 0) is 51.6 Å². The zero-order valence-corrected chi connectivity index (χ0v) is 20.1. The lowest BCUT2D eigenvalue weighted by molar-refractivity contribution is 0.0592. The van der Waals surface area contributed by atoms with Gasteiger partial charge >= 0.3 is 17.9 Å². The van der Waals surface area contributed by atoms with Crippen molar-refractivity contribution in [2.24, 2.45) is 0 Å². The second kappa shape index (κ2) is 10.7. The molecule has 6 heteroatoms. The summed E-state index contributed by atoms with van der Waals surface area (Å²) < 4.78 is 15.1. The highest BCUT2D eigenvalue weighted by molar-refractivity contribution is 6.08. The normalized spacial score (nSPS) is 10.4. The van der Waals surface area contributed by atoms with Gasteiger partial charge in [-0.25, -0.2) is 14.4 Å². The molecule has 0 saturated heterocycles. The molecule has 0 spiro atoms. The predicted octanol–water partition coefficient (Wildman–Crippen LogP) is 6.05. The standard InChI is InChI=1S/C30H24O6/c1-34-28(31)24-14-7-4-11-19(24)21-17-10-18-22(20-12-5-8-15-25(20)29(32)35-2)27(21)23-13-6-9-16-26(23)30(33)36-3/h4-18H,1-3H3. The Balaban J connectivity index is 2.15. The molecule has 0 heterocycles. The molecular formula is C30H24O6. The first kappa shape index (κ1) is 24.4. The molecule has 0 aliphatic heterocycles. The molecule has 4 aromatic rings. The molecule has 0 saturated carbocycles. The molecule has 0 fully saturated rings. The average Bonchev–Trinajstić information content (AvgIpc) is 2.95. The zero-order chi connectivity index (χ0) is 25.7. The van der Waals surface area contributed by atoms with Gasteiger partial charge in [-0.15, -0.1) is 0 Å². The third kappa shape index (κ3) is 4.49. The van der Waals surface area contributed by atoms with E-state index in [-0.39, 0.29) is 0 Å². The van der Waals surface area contributed by atoms with E-state index < -0.39 is 17.9 Å².